The molecule has 0 spiro atoms. The van der Waals surface area contributed by atoms with Gasteiger partial charge < -0.3 is 29.7 Å². The molecule has 0 atom stereocenters. The van der Waals surface area contributed by atoms with Crippen molar-refractivity contribution in [2.45, 2.75) is 51.4 Å². The molecule has 0 aromatic rings. The Morgan fingerprint density at radius 2 is 0.429 bits per heavy atom. The second-order valence-corrected chi connectivity index (χ2v) is 7.07. The molecular weight excluding hydrogens is 488 g/mol. The van der Waals surface area contributed by atoms with Crippen molar-refractivity contribution in [3.63, 3.8) is 0 Å². The summed E-state index contributed by atoms with van der Waals surface area (Å²) in [6, 6.07) is 0. The summed E-state index contributed by atoms with van der Waals surface area (Å²) in [4.78, 5) is 0. The molecule has 0 fully saturated rings. The molecule has 2 rings (SSSR count). The van der Waals surface area contributed by atoms with E-state index in [4.69, 9.17) is 0 Å². The van der Waals surface area contributed by atoms with Gasteiger partial charge in [-0.2, -0.15) is 0 Å². The van der Waals surface area contributed by atoms with Crippen LogP contribution in [0.4, 0.5) is 25.2 Å². The van der Waals surface area contributed by atoms with Gasteiger partial charge in [-0.15, -0.1) is 0 Å². The van der Waals surface area contributed by atoms with Crippen LogP contribution in [0.25, 0.3) is 0 Å². The van der Waals surface area contributed by atoms with Gasteiger partial charge in [0.05, 0.1) is 0 Å². The third-order valence-corrected chi connectivity index (χ3v) is 2.67. The first kappa shape index (κ1) is 41.9. The van der Waals surface area contributed by atoms with Gasteiger partial charge in [-0.25, -0.2) is 0 Å². The van der Waals surface area contributed by atoms with Crippen LogP contribution in [0.3, 0.4) is 0 Å². The summed E-state index contributed by atoms with van der Waals surface area (Å²) in [5, 5.41) is 0. The minimum absolute atomic E-state index is 0. The van der Waals surface area contributed by atoms with Crippen LogP contribution in [0.15, 0.2) is 48.6 Å². The van der Waals surface area contributed by atoms with E-state index in [1.54, 1.807) is 0 Å². The van der Waals surface area contributed by atoms with Gasteiger partial charge in [-0.3, -0.25) is 0 Å². The van der Waals surface area contributed by atoms with E-state index >= 15 is 0 Å². The fraction of sp³-hybridized carbons (Fsp3) is 0.400. The predicted molar refractivity (Wildman–Crippen MR) is 113 cm³/mol. The summed E-state index contributed by atoms with van der Waals surface area (Å²) in [5.41, 5.74) is 0. The molecule has 2 aliphatic rings. The molecule has 0 aromatic carbocycles. The van der Waals surface area contributed by atoms with Gasteiger partial charge in [0.1, 0.15) is 0 Å². The van der Waals surface area contributed by atoms with Crippen molar-refractivity contribution in [2.75, 3.05) is 0 Å². The van der Waals surface area contributed by atoms with E-state index in [1.165, 1.54) is 51.4 Å². The number of hydrogen-bond acceptors (Lipinski definition) is 0. The summed E-state index contributed by atoms with van der Waals surface area (Å²) in [5.74, 6) is 0. The zero-order valence-electron chi connectivity index (χ0n) is 17.3. The van der Waals surface area contributed by atoms with E-state index in [0.717, 1.165) is 0 Å². The summed E-state index contributed by atoms with van der Waals surface area (Å²) in [7, 11) is -10.7. The minimum atomic E-state index is -10.7. The monoisotopic (exact) mass is 524 g/mol. The molecule has 0 aliphatic heterocycles. The Bertz CT molecular complexity index is 345. The van der Waals surface area contributed by atoms with Crippen LogP contribution in [0.5, 0.6) is 0 Å². The molecule has 0 N–H and O–H groups in total. The second-order valence-electron chi connectivity index (χ2n) is 5.15. The Morgan fingerprint density at radius 1 is 0.357 bits per heavy atom. The van der Waals surface area contributed by atoms with Crippen LogP contribution < -0.4 is 0 Å². The third-order valence-electron chi connectivity index (χ3n) is 2.67. The van der Waals surface area contributed by atoms with Crippen molar-refractivity contribution in [3.8, 4) is 0 Å². The van der Waals surface area contributed by atoms with E-state index in [-0.39, 0.29) is 49.2 Å². The Labute approximate surface area is 182 Å². The second kappa shape index (κ2) is 18.6. The van der Waals surface area contributed by atoms with Gasteiger partial charge in [-0.1, -0.05) is 48.6 Å². The maximum absolute atomic E-state index is 10.7. The third kappa shape index (κ3) is 63.7. The van der Waals surface area contributed by atoms with Gasteiger partial charge in [0, 0.05) is 19.5 Å². The summed E-state index contributed by atoms with van der Waals surface area (Å²) < 4.78 is 59.2. The summed E-state index contributed by atoms with van der Waals surface area (Å²) in [6.07, 6.45) is 28.0. The van der Waals surface area contributed by atoms with Gasteiger partial charge in [0.2, 0.25) is 0 Å². The molecule has 2 aliphatic carbocycles. The Balaban J connectivity index is -0.0000000597. The number of rotatable bonds is 0. The average molecular weight is 524 g/mol. The van der Waals surface area contributed by atoms with Crippen LogP contribution in [-0.4, -0.2) is 0 Å². The molecular formula is C20H36F6PRh-5. The maximum atomic E-state index is 9.87. The molecule has 0 nitrogen and oxygen atoms in total. The van der Waals surface area contributed by atoms with Gasteiger partial charge >= 0.3 is 33.0 Å². The molecule has 177 valence electrons. The smallest absolute Gasteiger partial charge is 0 e. The number of hydrogen-bond donors (Lipinski definition) is 0. The molecule has 8 heteroatoms. The molecule has 1 radical (unpaired) electrons. The van der Waals surface area contributed by atoms with Crippen molar-refractivity contribution in [1.82, 2.24) is 0 Å². The molecule has 0 bridgehead atoms. The molecule has 0 unspecified atom stereocenters. The van der Waals surface area contributed by atoms with E-state index in [1.807, 2.05) is 0 Å². The van der Waals surface area contributed by atoms with Crippen LogP contribution in [0.1, 0.15) is 51.4 Å². The van der Waals surface area contributed by atoms with E-state index in [0.29, 0.717) is 0 Å². The minimum Gasteiger partial charge on any atom is -0.358 e. The fourth-order valence-electron chi connectivity index (χ4n) is 1.71. The maximum Gasteiger partial charge on any atom is 0 e. The van der Waals surface area contributed by atoms with E-state index in [9.17, 15) is 25.2 Å². The van der Waals surface area contributed by atoms with Crippen LogP contribution in [0, 0.1) is 29.7 Å². The van der Waals surface area contributed by atoms with E-state index < -0.39 is 7.81 Å². The first-order valence-electron chi connectivity index (χ1n) is 7.61. The molecule has 0 aromatic heterocycles. The molecule has 0 heterocycles. The summed E-state index contributed by atoms with van der Waals surface area (Å²) in [6.45, 7) is 0. The quantitative estimate of drug-likeness (QED) is 0.0972. The zero-order chi connectivity index (χ0) is 17.7. The van der Waals surface area contributed by atoms with Gasteiger partial charge in [-0.05, 0) is 51.4 Å². The number of halogens is 6. The van der Waals surface area contributed by atoms with Crippen molar-refractivity contribution in [3.05, 3.63) is 78.3 Å². The van der Waals surface area contributed by atoms with E-state index in [2.05, 4.69) is 48.6 Å². The molecule has 0 saturated carbocycles. The Morgan fingerprint density at radius 3 is 0.500 bits per heavy atom. The Hall–Kier alpha value is -0.407. The summed E-state index contributed by atoms with van der Waals surface area (Å²) >= 11 is 0. The standard InChI is InChI=1S/2C8H12.4CH3.F6P.Rh/c2*1-2-4-6-8-7-5-3-1;;;;;1-7(2,3,4,5)6;/h2*1-2,7-8H,3-6H2;4*1H3;;/q;;5*-1;/b2*2-1-,8-7-;;;;;;. The van der Waals surface area contributed by atoms with Crippen molar-refractivity contribution >= 4 is 7.81 Å². The van der Waals surface area contributed by atoms with Crippen molar-refractivity contribution in [1.29, 1.82) is 0 Å². The molecule has 0 saturated heterocycles. The van der Waals surface area contributed by atoms with Crippen LogP contribution >= 0.6 is 7.81 Å². The molecule has 28 heavy (non-hydrogen) atoms. The average Bonchev–Trinajstić information content (AvgIpc) is 2.22. The van der Waals surface area contributed by atoms with Crippen LogP contribution in [0.2, 0.25) is 0 Å². The fourth-order valence-corrected chi connectivity index (χ4v) is 1.71. The largest absolute Gasteiger partial charge is 0.358 e. The van der Waals surface area contributed by atoms with Gasteiger partial charge in [0.15, 0.2) is 0 Å². The molecule has 0 amide bonds. The first-order chi connectivity index (χ1) is 10.4. The SMILES string of the molecule is C1=C\CC/C=C\CC/1.C1=C\CC/C=C\CC/1.F[P-](F)(F)(F)(F)F.[CH3-].[CH3-].[CH3-].[CH3-].[Rh]. The van der Waals surface area contributed by atoms with Crippen molar-refractivity contribution < 1.29 is 44.7 Å². The topological polar surface area (TPSA) is 0 Å². The first-order valence-corrected chi connectivity index (χ1v) is 9.64. The van der Waals surface area contributed by atoms with Gasteiger partial charge in [0.25, 0.3) is 0 Å². The predicted octanol–water partition coefficient (Wildman–Crippen LogP) is 10.5. The van der Waals surface area contributed by atoms with Crippen molar-refractivity contribution in [2.24, 2.45) is 0 Å². The number of allylic oxidation sites excluding steroid dienone is 8. The Kier molecular flexibility index (Phi) is 27.8. The zero-order valence-corrected chi connectivity index (χ0v) is 19.9. The normalized spacial score (nSPS) is 21.8. The van der Waals surface area contributed by atoms with Crippen LogP contribution in [-0.2, 0) is 19.5 Å².